The first-order valence-corrected chi connectivity index (χ1v) is 7.04. The zero-order valence-electron chi connectivity index (χ0n) is 12.9. The molecule has 114 valence electrons. The largest absolute Gasteiger partial charge is 0.465 e. The van der Waals surface area contributed by atoms with Crippen LogP contribution in [0, 0.1) is 5.41 Å². The number of ether oxygens (including phenoxy) is 2. The highest BCUT2D eigenvalue weighted by Crippen LogP contribution is 2.35. The van der Waals surface area contributed by atoms with Crippen molar-refractivity contribution in [2.24, 2.45) is 5.41 Å². The second kappa shape index (κ2) is 9.34. The van der Waals surface area contributed by atoms with E-state index in [1.807, 2.05) is 0 Å². The first-order valence-electron chi connectivity index (χ1n) is 7.04. The molecule has 20 heavy (non-hydrogen) atoms. The van der Waals surface area contributed by atoms with E-state index in [1.165, 1.54) is 0 Å². The topological polar surface area (TPSA) is 52.6 Å². The third-order valence-electron chi connectivity index (χ3n) is 2.95. The lowest BCUT2D eigenvalue weighted by molar-refractivity contribution is -0.172. The molecule has 0 rings (SSSR count). The maximum Gasteiger partial charge on any atom is 0.323 e. The average molecular weight is 282 g/mol. The monoisotopic (exact) mass is 282 g/mol. The molecule has 0 aromatic carbocycles. The summed E-state index contributed by atoms with van der Waals surface area (Å²) in [6.45, 7) is 13.2. The van der Waals surface area contributed by atoms with Crippen LogP contribution >= 0.6 is 0 Å². The Balaban J connectivity index is 5.36. The third kappa shape index (κ3) is 5.19. The van der Waals surface area contributed by atoms with Crippen LogP contribution in [-0.2, 0) is 19.1 Å². The van der Waals surface area contributed by atoms with Gasteiger partial charge in [-0.2, -0.15) is 0 Å². The third-order valence-corrected chi connectivity index (χ3v) is 2.95. The highest BCUT2D eigenvalue weighted by molar-refractivity contribution is 6.00. The van der Waals surface area contributed by atoms with E-state index >= 15 is 0 Å². The summed E-state index contributed by atoms with van der Waals surface area (Å²) in [4.78, 5) is 24.6. The molecule has 0 aliphatic rings. The van der Waals surface area contributed by atoms with Crippen LogP contribution in [0.1, 0.15) is 46.5 Å². The number of unbranched alkanes of at least 4 members (excludes halogenated alkanes) is 1. The van der Waals surface area contributed by atoms with Gasteiger partial charge in [-0.1, -0.05) is 11.6 Å². The first kappa shape index (κ1) is 18.4. The smallest absolute Gasteiger partial charge is 0.323 e. The van der Waals surface area contributed by atoms with E-state index in [2.05, 4.69) is 13.2 Å². The Kier molecular flexibility index (Phi) is 8.61. The van der Waals surface area contributed by atoms with Gasteiger partial charge in [0.05, 0.1) is 13.2 Å². The van der Waals surface area contributed by atoms with Crippen LogP contribution in [0.15, 0.2) is 24.8 Å². The van der Waals surface area contributed by atoms with Gasteiger partial charge >= 0.3 is 11.9 Å². The summed E-state index contributed by atoms with van der Waals surface area (Å²) in [5.74, 6) is -1.05. The van der Waals surface area contributed by atoms with Gasteiger partial charge in [-0.25, -0.2) is 0 Å². The van der Waals surface area contributed by atoms with Crippen molar-refractivity contribution in [3.8, 4) is 0 Å². The number of carbonyl (C=O) groups is 2. The molecule has 4 nitrogen and oxygen atoms in total. The molecule has 0 bridgehead atoms. The number of hydrogen-bond donors (Lipinski definition) is 0. The minimum Gasteiger partial charge on any atom is -0.465 e. The Hall–Kier alpha value is -1.58. The Morgan fingerprint density at radius 2 is 1.65 bits per heavy atom. The lowest BCUT2D eigenvalue weighted by atomic mass is 9.77. The van der Waals surface area contributed by atoms with E-state index < -0.39 is 17.4 Å². The normalized spacial score (nSPS) is 10.8. The fourth-order valence-electron chi connectivity index (χ4n) is 2.12. The summed E-state index contributed by atoms with van der Waals surface area (Å²) in [7, 11) is 0. The summed E-state index contributed by atoms with van der Waals surface area (Å²) < 4.78 is 10.2. The number of esters is 2. The van der Waals surface area contributed by atoms with Crippen molar-refractivity contribution < 1.29 is 19.1 Å². The van der Waals surface area contributed by atoms with Crippen molar-refractivity contribution in [1.29, 1.82) is 0 Å². The van der Waals surface area contributed by atoms with Crippen LogP contribution in [0.5, 0.6) is 0 Å². The summed E-state index contributed by atoms with van der Waals surface area (Å²) in [5, 5.41) is 0. The molecule has 0 saturated carbocycles. The Morgan fingerprint density at radius 3 is 2.00 bits per heavy atom. The van der Waals surface area contributed by atoms with Crippen LogP contribution in [0.25, 0.3) is 0 Å². The predicted octanol–water partition coefficient (Wildman–Crippen LogP) is 3.42. The van der Waals surface area contributed by atoms with Crippen molar-refractivity contribution in [1.82, 2.24) is 0 Å². The van der Waals surface area contributed by atoms with E-state index in [0.29, 0.717) is 12.8 Å². The second-order valence-electron chi connectivity index (χ2n) is 4.84. The molecule has 0 spiro atoms. The molecular formula is C16H26O4. The quantitative estimate of drug-likeness (QED) is 0.267. The average Bonchev–Trinajstić information content (AvgIpc) is 2.37. The van der Waals surface area contributed by atoms with Crippen molar-refractivity contribution in [2.45, 2.75) is 46.5 Å². The van der Waals surface area contributed by atoms with Crippen LogP contribution in [0.3, 0.4) is 0 Å². The van der Waals surface area contributed by atoms with Crippen LogP contribution in [-0.4, -0.2) is 25.2 Å². The van der Waals surface area contributed by atoms with Gasteiger partial charge in [-0.15, -0.1) is 13.2 Å². The van der Waals surface area contributed by atoms with Gasteiger partial charge in [0.25, 0.3) is 0 Å². The fraction of sp³-hybridized carbons (Fsp3) is 0.625. The molecule has 0 radical (unpaired) electrons. The fourth-order valence-corrected chi connectivity index (χ4v) is 2.12. The van der Waals surface area contributed by atoms with Gasteiger partial charge in [-0.3, -0.25) is 9.59 Å². The first-order chi connectivity index (χ1) is 9.44. The van der Waals surface area contributed by atoms with E-state index in [1.54, 1.807) is 26.8 Å². The van der Waals surface area contributed by atoms with Gasteiger partial charge in [0.2, 0.25) is 0 Å². The lowest BCUT2D eigenvalue weighted by Gasteiger charge is -2.29. The summed E-state index contributed by atoms with van der Waals surface area (Å²) in [6, 6.07) is 0. The van der Waals surface area contributed by atoms with E-state index in [0.717, 1.165) is 12.0 Å². The molecular weight excluding hydrogens is 256 g/mol. The molecule has 0 atom stereocenters. The van der Waals surface area contributed by atoms with Crippen LogP contribution in [0.4, 0.5) is 0 Å². The number of allylic oxidation sites excluding steroid dienone is 2. The molecule has 0 aliphatic heterocycles. The van der Waals surface area contributed by atoms with Crippen molar-refractivity contribution in [3.05, 3.63) is 24.8 Å². The molecule has 4 heteroatoms. The van der Waals surface area contributed by atoms with Gasteiger partial charge < -0.3 is 9.47 Å². The Labute approximate surface area is 121 Å². The van der Waals surface area contributed by atoms with Gasteiger partial charge in [0, 0.05) is 0 Å². The van der Waals surface area contributed by atoms with E-state index in [-0.39, 0.29) is 19.6 Å². The maximum atomic E-state index is 12.3. The molecule has 0 fully saturated rings. The standard InChI is InChI=1S/C16H26O4/c1-6-9-10-11-16(12-13(4)5,14(17)19-7-2)15(18)20-8-3/h6H,1,4,7-12H2,2-3,5H3. The lowest BCUT2D eigenvalue weighted by Crippen LogP contribution is -2.42. The zero-order chi connectivity index (χ0) is 15.6. The van der Waals surface area contributed by atoms with Gasteiger partial charge in [0.1, 0.15) is 0 Å². The van der Waals surface area contributed by atoms with Crippen molar-refractivity contribution in [3.63, 3.8) is 0 Å². The molecule has 0 saturated heterocycles. The number of hydrogen-bond acceptors (Lipinski definition) is 4. The highest BCUT2D eigenvalue weighted by atomic mass is 16.6. The Bertz CT molecular complexity index is 339. The van der Waals surface area contributed by atoms with Crippen molar-refractivity contribution >= 4 is 11.9 Å². The number of rotatable bonds is 10. The minimum atomic E-state index is -1.28. The van der Waals surface area contributed by atoms with E-state index in [4.69, 9.17) is 9.47 Å². The predicted molar refractivity (Wildman–Crippen MR) is 79.2 cm³/mol. The number of carbonyl (C=O) groups excluding carboxylic acids is 2. The maximum absolute atomic E-state index is 12.3. The van der Waals surface area contributed by atoms with Crippen LogP contribution < -0.4 is 0 Å². The summed E-state index contributed by atoms with van der Waals surface area (Å²) >= 11 is 0. The molecule has 0 N–H and O–H groups in total. The van der Waals surface area contributed by atoms with Crippen LogP contribution in [0.2, 0.25) is 0 Å². The molecule has 0 aromatic rings. The summed E-state index contributed by atoms with van der Waals surface area (Å²) in [5.41, 5.74) is -0.523. The zero-order valence-corrected chi connectivity index (χ0v) is 12.9. The molecule has 0 amide bonds. The van der Waals surface area contributed by atoms with Gasteiger partial charge in [0.15, 0.2) is 5.41 Å². The minimum absolute atomic E-state index is 0.234. The van der Waals surface area contributed by atoms with Crippen molar-refractivity contribution in [2.75, 3.05) is 13.2 Å². The molecule has 0 heterocycles. The summed E-state index contributed by atoms with van der Waals surface area (Å²) in [6.07, 6.45) is 3.80. The highest BCUT2D eigenvalue weighted by Gasteiger charge is 2.48. The Morgan fingerprint density at radius 1 is 1.15 bits per heavy atom. The SMILES string of the molecule is C=CCCCC(CC(=C)C)(C(=O)OCC)C(=O)OCC. The van der Waals surface area contributed by atoms with E-state index in [9.17, 15) is 9.59 Å². The molecule has 0 unspecified atom stereocenters. The second-order valence-corrected chi connectivity index (χ2v) is 4.84. The molecule has 0 aliphatic carbocycles. The van der Waals surface area contributed by atoms with Gasteiger partial charge in [-0.05, 0) is 46.5 Å². The molecule has 0 aromatic heterocycles.